The van der Waals surface area contributed by atoms with Crippen LogP contribution in [0.5, 0.6) is 0 Å². The van der Waals surface area contributed by atoms with Crippen LogP contribution >= 0.6 is 27.7 Å². The zero-order chi connectivity index (χ0) is 22.7. The zero-order valence-corrected chi connectivity index (χ0v) is 19.3. The summed E-state index contributed by atoms with van der Waals surface area (Å²) in [6, 6.07) is 19.3. The van der Waals surface area contributed by atoms with E-state index in [2.05, 4.69) is 31.4 Å². The molecule has 1 aromatic heterocycles. The number of anilines is 1. The summed E-state index contributed by atoms with van der Waals surface area (Å²) in [6.07, 6.45) is 0. The third kappa shape index (κ3) is 4.89. The number of amides is 1. The predicted molar refractivity (Wildman–Crippen MR) is 125 cm³/mol. The largest absolute Gasteiger partial charge is 0.322 e. The number of hydrogen-bond donors (Lipinski definition) is 1. The van der Waals surface area contributed by atoms with Crippen molar-refractivity contribution in [3.8, 4) is 17.1 Å². The normalized spacial score (nSPS) is 10.9. The fraction of sp³-hybridized carbons (Fsp3) is 0.0870. The molecule has 3 aromatic carbocycles. The van der Waals surface area contributed by atoms with Crippen LogP contribution in [0.2, 0.25) is 0 Å². The van der Waals surface area contributed by atoms with Crippen LogP contribution in [-0.2, 0) is 4.79 Å². The first-order valence-electron chi connectivity index (χ1n) is 9.57. The number of carbonyl (C=O) groups is 1. The lowest BCUT2D eigenvalue weighted by Crippen LogP contribution is -2.16. The van der Waals surface area contributed by atoms with E-state index in [9.17, 15) is 13.6 Å². The average molecular weight is 515 g/mol. The van der Waals surface area contributed by atoms with E-state index < -0.39 is 17.5 Å². The number of aryl methyl sites for hydroxylation is 1. The van der Waals surface area contributed by atoms with Crippen molar-refractivity contribution in [1.82, 2.24) is 14.8 Å². The molecule has 1 amide bonds. The van der Waals surface area contributed by atoms with Crippen LogP contribution in [-0.4, -0.2) is 26.4 Å². The summed E-state index contributed by atoms with van der Waals surface area (Å²) in [6.45, 7) is 2.00. The second-order valence-corrected chi connectivity index (χ2v) is 8.72. The third-order valence-electron chi connectivity index (χ3n) is 4.56. The highest BCUT2D eigenvalue weighted by molar-refractivity contribution is 9.10. The molecule has 0 saturated carbocycles. The van der Waals surface area contributed by atoms with Gasteiger partial charge in [-0.25, -0.2) is 8.78 Å². The van der Waals surface area contributed by atoms with Gasteiger partial charge in [0.15, 0.2) is 16.8 Å². The Balaban J connectivity index is 1.59. The van der Waals surface area contributed by atoms with Crippen LogP contribution in [0.15, 0.2) is 76.4 Å². The van der Waals surface area contributed by atoms with Gasteiger partial charge in [-0.1, -0.05) is 59.8 Å². The number of carbonyl (C=O) groups excluding carboxylic acids is 1. The Morgan fingerprint density at radius 1 is 1.06 bits per heavy atom. The summed E-state index contributed by atoms with van der Waals surface area (Å²) in [7, 11) is 0. The van der Waals surface area contributed by atoms with Gasteiger partial charge in [0.2, 0.25) is 5.91 Å². The van der Waals surface area contributed by atoms with E-state index in [1.54, 1.807) is 0 Å². The molecule has 9 heteroatoms. The maximum atomic E-state index is 14.0. The van der Waals surface area contributed by atoms with E-state index in [0.29, 0.717) is 17.0 Å². The van der Waals surface area contributed by atoms with Crippen LogP contribution in [0.3, 0.4) is 0 Å². The number of benzene rings is 3. The number of aromatic nitrogens is 3. The van der Waals surface area contributed by atoms with Crippen LogP contribution in [0.1, 0.15) is 5.56 Å². The Kier molecular flexibility index (Phi) is 6.66. The molecule has 0 aliphatic rings. The van der Waals surface area contributed by atoms with Crippen LogP contribution < -0.4 is 5.32 Å². The Hall–Kier alpha value is -3.04. The van der Waals surface area contributed by atoms with Crippen LogP contribution in [0.25, 0.3) is 17.1 Å². The van der Waals surface area contributed by atoms with Gasteiger partial charge in [0.1, 0.15) is 5.82 Å². The lowest BCUT2D eigenvalue weighted by atomic mass is 10.2. The third-order valence-corrected chi connectivity index (χ3v) is 6.12. The zero-order valence-electron chi connectivity index (χ0n) is 16.8. The van der Waals surface area contributed by atoms with Gasteiger partial charge in [-0.3, -0.25) is 9.36 Å². The van der Waals surface area contributed by atoms with Crippen molar-refractivity contribution in [3.05, 3.63) is 88.4 Å². The standard InChI is InChI=1S/C23H17BrF2N4OS/c1-14-7-9-17(10-8-14)30-22(15-5-3-2-4-6-15)28-29-23(30)32-13-20(31)27-21-18(24)11-16(25)12-19(21)26/h2-12H,13H2,1H3,(H,27,31). The molecule has 0 spiro atoms. The van der Waals surface area contributed by atoms with E-state index in [4.69, 9.17) is 0 Å². The summed E-state index contributed by atoms with van der Waals surface area (Å²) >= 11 is 4.24. The fourth-order valence-corrected chi connectivity index (χ4v) is 4.29. The van der Waals surface area contributed by atoms with Crippen molar-refractivity contribution in [3.63, 3.8) is 0 Å². The van der Waals surface area contributed by atoms with Crippen molar-refractivity contribution < 1.29 is 13.6 Å². The van der Waals surface area contributed by atoms with Crippen molar-refractivity contribution in [2.24, 2.45) is 0 Å². The predicted octanol–water partition coefficient (Wildman–Crippen LogP) is 6.01. The number of nitrogens with zero attached hydrogens (tertiary/aromatic N) is 3. The number of hydrogen-bond acceptors (Lipinski definition) is 4. The first kappa shape index (κ1) is 22.2. The maximum Gasteiger partial charge on any atom is 0.234 e. The topological polar surface area (TPSA) is 59.8 Å². The van der Waals surface area contributed by atoms with Crippen molar-refractivity contribution >= 4 is 39.3 Å². The molecule has 0 aliphatic heterocycles. The van der Waals surface area contributed by atoms with Gasteiger partial charge in [0.25, 0.3) is 0 Å². The van der Waals surface area contributed by atoms with Crippen molar-refractivity contribution in [1.29, 1.82) is 0 Å². The summed E-state index contributed by atoms with van der Waals surface area (Å²) in [5, 5.41) is 11.6. The van der Waals surface area contributed by atoms with Gasteiger partial charge in [-0.15, -0.1) is 10.2 Å². The second kappa shape index (κ2) is 9.62. The molecule has 0 unspecified atom stereocenters. The maximum absolute atomic E-state index is 14.0. The highest BCUT2D eigenvalue weighted by Gasteiger charge is 2.18. The van der Waals surface area contributed by atoms with E-state index in [-0.39, 0.29) is 15.9 Å². The summed E-state index contributed by atoms with van der Waals surface area (Å²) < 4.78 is 29.3. The molecule has 0 radical (unpaired) electrons. The monoisotopic (exact) mass is 514 g/mol. The van der Waals surface area contributed by atoms with Crippen LogP contribution in [0, 0.1) is 18.6 Å². The molecule has 32 heavy (non-hydrogen) atoms. The minimum Gasteiger partial charge on any atom is -0.322 e. The number of halogens is 3. The number of rotatable bonds is 6. The van der Waals surface area contributed by atoms with Gasteiger partial charge in [-0.05, 0) is 41.1 Å². The smallest absolute Gasteiger partial charge is 0.234 e. The summed E-state index contributed by atoms with van der Waals surface area (Å²) in [5.41, 5.74) is 2.74. The minimum atomic E-state index is -0.857. The fourth-order valence-electron chi connectivity index (χ4n) is 3.03. The molecule has 0 bridgehead atoms. The Morgan fingerprint density at radius 2 is 1.78 bits per heavy atom. The number of thioether (sulfide) groups is 1. The summed E-state index contributed by atoms with van der Waals surface area (Å²) in [4.78, 5) is 12.5. The molecule has 1 heterocycles. The Labute approximate surface area is 196 Å². The molecule has 1 N–H and O–H groups in total. The molecular weight excluding hydrogens is 498 g/mol. The first-order chi connectivity index (χ1) is 15.4. The quantitative estimate of drug-likeness (QED) is 0.320. The molecule has 4 aromatic rings. The minimum absolute atomic E-state index is 0.0396. The number of nitrogens with one attached hydrogen (secondary N) is 1. The molecule has 0 saturated heterocycles. The highest BCUT2D eigenvalue weighted by Crippen LogP contribution is 2.30. The molecule has 0 fully saturated rings. The Morgan fingerprint density at radius 3 is 2.47 bits per heavy atom. The lowest BCUT2D eigenvalue weighted by molar-refractivity contribution is -0.113. The molecule has 5 nitrogen and oxygen atoms in total. The Bertz CT molecular complexity index is 1240. The molecule has 0 atom stereocenters. The van der Waals surface area contributed by atoms with Gasteiger partial charge in [0.05, 0.1) is 11.4 Å². The molecule has 162 valence electrons. The van der Waals surface area contributed by atoms with E-state index in [1.165, 1.54) is 11.8 Å². The average Bonchev–Trinajstić information content (AvgIpc) is 3.20. The molecule has 4 rings (SSSR count). The SMILES string of the molecule is Cc1ccc(-n2c(SCC(=O)Nc3c(F)cc(F)cc3Br)nnc2-c2ccccc2)cc1. The van der Waals surface area contributed by atoms with E-state index in [1.807, 2.05) is 66.1 Å². The second-order valence-electron chi connectivity index (χ2n) is 6.92. The highest BCUT2D eigenvalue weighted by atomic mass is 79.9. The van der Waals surface area contributed by atoms with Gasteiger partial charge >= 0.3 is 0 Å². The first-order valence-corrected chi connectivity index (χ1v) is 11.4. The van der Waals surface area contributed by atoms with Crippen molar-refractivity contribution in [2.45, 2.75) is 12.1 Å². The summed E-state index contributed by atoms with van der Waals surface area (Å²) in [5.74, 6) is -1.45. The van der Waals surface area contributed by atoms with Gasteiger partial charge in [0, 0.05) is 21.8 Å². The molecular formula is C23H17BrF2N4OS. The van der Waals surface area contributed by atoms with Gasteiger partial charge in [-0.2, -0.15) is 0 Å². The van der Waals surface area contributed by atoms with Crippen molar-refractivity contribution in [2.75, 3.05) is 11.1 Å². The lowest BCUT2D eigenvalue weighted by Gasteiger charge is -2.11. The van der Waals surface area contributed by atoms with Gasteiger partial charge < -0.3 is 5.32 Å². The van der Waals surface area contributed by atoms with E-state index in [0.717, 1.165) is 22.9 Å². The van der Waals surface area contributed by atoms with E-state index >= 15 is 0 Å². The van der Waals surface area contributed by atoms with Crippen LogP contribution in [0.4, 0.5) is 14.5 Å². The molecule has 0 aliphatic carbocycles.